The van der Waals surface area contributed by atoms with Gasteiger partial charge in [-0.15, -0.1) is 11.3 Å². The van der Waals surface area contributed by atoms with E-state index in [1.807, 2.05) is 6.07 Å². The third kappa shape index (κ3) is 2.51. The molecule has 1 saturated carbocycles. The van der Waals surface area contributed by atoms with Crippen LogP contribution >= 0.6 is 11.3 Å². The Bertz CT molecular complexity index is 775. The highest BCUT2D eigenvalue weighted by Gasteiger charge is 2.23. The van der Waals surface area contributed by atoms with Crippen molar-refractivity contribution in [3.8, 4) is 10.4 Å². The number of hydrogen-bond acceptors (Lipinski definition) is 4. The summed E-state index contributed by atoms with van der Waals surface area (Å²) in [5, 5.41) is 4.71. The first kappa shape index (κ1) is 12.8. The van der Waals surface area contributed by atoms with Crippen molar-refractivity contribution in [2.24, 2.45) is 0 Å². The second kappa shape index (κ2) is 5.11. The van der Waals surface area contributed by atoms with E-state index in [4.69, 9.17) is 9.97 Å². The molecule has 0 amide bonds. The van der Waals surface area contributed by atoms with Crippen LogP contribution in [-0.2, 0) is 6.42 Å². The SMILES string of the molecule is CCc1nc(NC2CC2)c2cc(-c3ccccc3)sc2n1. The second-order valence-electron chi connectivity index (χ2n) is 5.46. The van der Waals surface area contributed by atoms with Crippen molar-refractivity contribution in [2.45, 2.75) is 32.2 Å². The zero-order chi connectivity index (χ0) is 14.2. The molecule has 0 radical (unpaired) electrons. The van der Waals surface area contributed by atoms with E-state index < -0.39 is 0 Å². The van der Waals surface area contributed by atoms with E-state index in [1.165, 1.54) is 23.3 Å². The highest BCUT2D eigenvalue weighted by atomic mass is 32.1. The summed E-state index contributed by atoms with van der Waals surface area (Å²) in [5.74, 6) is 1.94. The number of hydrogen-bond donors (Lipinski definition) is 1. The summed E-state index contributed by atoms with van der Waals surface area (Å²) in [7, 11) is 0. The number of anilines is 1. The zero-order valence-corrected chi connectivity index (χ0v) is 12.8. The first-order chi connectivity index (χ1) is 10.3. The molecule has 106 valence electrons. The fourth-order valence-electron chi connectivity index (χ4n) is 2.40. The minimum absolute atomic E-state index is 0.605. The highest BCUT2D eigenvalue weighted by molar-refractivity contribution is 7.21. The summed E-state index contributed by atoms with van der Waals surface area (Å²) in [6.07, 6.45) is 3.37. The molecule has 4 rings (SSSR count). The fourth-order valence-corrected chi connectivity index (χ4v) is 3.46. The van der Waals surface area contributed by atoms with Gasteiger partial charge in [0.25, 0.3) is 0 Å². The van der Waals surface area contributed by atoms with Gasteiger partial charge >= 0.3 is 0 Å². The number of benzene rings is 1. The highest BCUT2D eigenvalue weighted by Crippen LogP contribution is 2.36. The van der Waals surface area contributed by atoms with Crippen LogP contribution in [-0.4, -0.2) is 16.0 Å². The third-order valence-electron chi connectivity index (χ3n) is 3.73. The van der Waals surface area contributed by atoms with Crippen LogP contribution in [0.1, 0.15) is 25.6 Å². The normalized spacial score (nSPS) is 14.5. The van der Waals surface area contributed by atoms with Crippen molar-refractivity contribution < 1.29 is 0 Å². The van der Waals surface area contributed by atoms with Gasteiger partial charge in [0.05, 0.1) is 5.39 Å². The van der Waals surface area contributed by atoms with Gasteiger partial charge in [0, 0.05) is 17.3 Å². The van der Waals surface area contributed by atoms with Gasteiger partial charge in [-0.1, -0.05) is 37.3 Å². The molecule has 0 spiro atoms. The van der Waals surface area contributed by atoms with Crippen LogP contribution in [0.15, 0.2) is 36.4 Å². The lowest BCUT2D eigenvalue weighted by Crippen LogP contribution is -2.05. The first-order valence-electron chi connectivity index (χ1n) is 7.46. The van der Waals surface area contributed by atoms with Crippen molar-refractivity contribution in [1.82, 2.24) is 9.97 Å². The molecule has 1 aromatic carbocycles. The molecule has 3 nitrogen and oxygen atoms in total. The average Bonchev–Trinajstić information content (AvgIpc) is 3.23. The minimum atomic E-state index is 0.605. The lowest BCUT2D eigenvalue weighted by Gasteiger charge is -2.06. The monoisotopic (exact) mass is 295 g/mol. The Morgan fingerprint density at radius 1 is 1.19 bits per heavy atom. The second-order valence-corrected chi connectivity index (χ2v) is 6.49. The van der Waals surface area contributed by atoms with E-state index >= 15 is 0 Å². The van der Waals surface area contributed by atoms with Crippen LogP contribution < -0.4 is 5.32 Å². The molecule has 1 aliphatic carbocycles. The topological polar surface area (TPSA) is 37.8 Å². The van der Waals surface area contributed by atoms with E-state index in [9.17, 15) is 0 Å². The van der Waals surface area contributed by atoms with Crippen LogP contribution in [0.3, 0.4) is 0 Å². The fraction of sp³-hybridized carbons (Fsp3) is 0.294. The van der Waals surface area contributed by atoms with Gasteiger partial charge in [0.15, 0.2) is 0 Å². The third-order valence-corrected chi connectivity index (χ3v) is 4.81. The maximum atomic E-state index is 4.70. The Hall–Kier alpha value is -1.94. The Morgan fingerprint density at radius 2 is 2.00 bits per heavy atom. The number of fused-ring (bicyclic) bond motifs is 1. The Morgan fingerprint density at radius 3 is 2.71 bits per heavy atom. The number of nitrogens with zero attached hydrogens (tertiary/aromatic N) is 2. The van der Waals surface area contributed by atoms with Crippen LogP contribution in [0.2, 0.25) is 0 Å². The summed E-state index contributed by atoms with van der Waals surface area (Å²) >= 11 is 1.75. The maximum absolute atomic E-state index is 4.70. The van der Waals surface area contributed by atoms with Gasteiger partial charge in [0.2, 0.25) is 0 Å². The maximum Gasteiger partial charge on any atom is 0.138 e. The molecule has 1 fully saturated rings. The summed E-state index contributed by atoms with van der Waals surface area (Å²) in [6, 6.07) is 13.3. The van der Waals surface area contributed by atoms with Gasteiger partial charge in [-0.3, -0.25) is 0 Å². The van der Waals surface area contributed by atoms with E-state index in [1.54, 1.807) is 11.3 Å². The minimum Gasteiger partial charge on any atom is -0.367 e. The quantitative estimate of drug-likeness (QED) is 0.770. The molecule has 0 bridgehead atoms. The molecule has 2 aromatic heterocycles. The Balaban J connectivity index is 1.85. The first-order valence-corrected chi connectivity index (χ1v) is 8.27. The van der Waals surface area contributed by atoms with E-state index in [0.29, 0.717) is 6.04 Å². The summed E-state index contributed by atoms with van der Waals surface area (Å²) in [6.45, 7) is 2.10. The lowest BCUT2D eigenvalue weighted by molar-refractivity contribution is 0.956. The van der Waals surface area contributed by atoms with E-state index in [-0.39, 0.29) is 0 Å². The molecule has 0 unspecified atom stereocenters. The molecular formula is C17H17N3S. The average molecular weight is 295 g/mol. The van der Waals surface area contributed by atoms with Crippen molar-refractivity contribution in [3.05, 3.63) is 42.2 Å². The predicted molar refractivity (Wildman–Crippen MR) is 88.9 cm³/mol. The summed E-state index contributed by atoms with van der Waals surface area (Å²) < 4.78 is 0. The van der Waals surface area contributed by atoms with Crippen molar-refractivity contribution in [2.75, 3.05) is 5.32 Å². The molecule has 0 saturated heterocycles. The molecule has 4 heteroatoms. The van der Waals surface area contributed by atoms with Crippen molar-refractivity contribution in [3.63, 3.8) is 0 Å². The summed E-state index contributed by atoms with van der Waals surface area (Å²) in [5.41, 5.74) is 1.25. The zero-order valence-electron chi connectivity index (χ0n) is 12.0. The largest absolute Gasteiger partial charge is 0.367 e. The lowest BCUT2D eigenvalue weighted by atomic mass is 10.2. The van der Waals surface area contributed by atoms with Gasteiger partial charge in [-0.25, -0.2) is 9.97 Å². The van der Waals surface area contributed by atoms with Gasteiger partial charge in [-0.2, -0.15) is 0 Å². The molecule has 0 atom stereocenters. The van der Waals surface area contributed by atoms with Crippen molar-refractivity contribution in [1.29, 1.82) is 0 Å². The van der Waals surface area contributed by atoms with E-state index in [2.05, 4.69) is 42.6 Å². The van der Waals surface area contributed by atoms with Gasteiger partial charge in [-0.05, 0) is 24.5 Å². The van der Waals surface area contributed by atoms with Crippen LogP contribution in [0, 0.1) is 0 Å². The number of aromatic nitrogens is 2. The smallest absolute Gasteiger partial charge is 0.138 e. The number of rotatable bonds is 4. The number of nitrogens with one attached hydrogen (secondary N) is 1. The van der Waals surface area contributed by atoms with E-state index in [0.717, 1.165) is 28.3 Å². The number of aryl methyl sites for hydroxylation is 1. The van der Waals surface area contributed by atoms with Crippen LogP contribution in [0.5, 0.6) is 0 Å². The van der Waals surface area contributed by atoms with Gasteiger partial charge < -0.3 is 5.32 Å². The molecule has 3 aromatic rings. The molecule has 2 heterocycles. The van der Waals surface area contributed by atoms with Crippen molar-refractivity contribution >= 4 is 27.4 Å². The Kier molecular flexibility index (Phi) is 3.11. The summed E-state index contributed by atoms with van der Waals surface area (Å²) in [4.78, 5) is 11.7. The molecule has 0 aliphatic heterocycles. The van der Waals surface area contributed by atoms with Crippen LogP contribution in [0.25, 0.3) is 20.7 Å². The standard InChI is InChI=1S/C17H17N3S/c1-2-15-19-16(18-12-8-9-12)13-10-14(21-17(13)20-15)11-6-4-3-5-7-11/h3-7,10,12H,2,8-9H2,1H3,(H,18,19,20). The predicted octanol–water partition coefficient (Wildman–Crippen LogP) is 4.50. The van der Waals surface area contributed by atoms with Crippen LogP contribution in [0.4, 0.5) is 5.82 Å². The van der Waals surface area contributed by atoms with Gasteiger partial charge in [0.1, 0.15) is 16.5 Å². The Labute approximate surface area is 128 Å². The molecular weight excluding hydrogens is 278 g/mol. The number of thiophene rings is 1. The molecule has 1 N–H and O–H groups in total. The molecule has 21 heavy (non-hydrogen) atoms. The molecule has 1 aliphatic rings.